The van der Waals surface area contributed by atoms with Gasteiger partial charge in [0, 0.05) is 0 Å². The van der Waals surface area contributed by atoms with Gasteiger partial charge in [0.25, 0.3) is 0 Å². The van der Waals surface area contributed by atoms with E-state index in [9.17, 15) is 9.59 Å². The lowest BCUT2D eigenvalue weighted by molar-refractivity contribution is -0.122. The van der Waals surface area contributed by atoms with Gasteiger partial charge >= 0.3 is 0 Å². The summed E-state index contributed by atoms with van der Waals surface area (Å²) in [6.45, 7) is 1.77. The molecular formula is C11H12ClNO3. The Kier molecular flexibility index (Phi) is 4.31. The highest BCUT2D eigenvalue weighted by Gasteiger charge is 2.12. The monoisotopic (exact) mass is 241 g/mol. The molecule has 0 radical (unpaired) electrons. The maximum atomic E-state index is 10.8. The molecule has 1 unspecified atom stereocenters. The Labute approximate surface area is 98.3 Å². The summed E-state index contributed by atoms with van der Waals surface area (Å²) in [5, 5.41) is 0.319. The molecule has 0 heterocycles. The van der Waals surface area contributed by atoms with Gasteiger partial charge in [-0.3, -0.25) is 9.59 Å². The zero-order valence-corrected chi connectivity index (χ0v) is 9.53. The van der Waals surface area contributed by atoms with Crippen molar-refractivity contribution in [3.63, 3.8) is 0 Å². The lowest BCUT2D eigenvalue weighted by Crippen LogP contribution is -2.26. The molecule has 5 heteroatoms. The number of aldehydes is 1. The average Bonchev–Trinajstić information content (AvgIpc) is 2.25. The number of ether oxygens (including phenoxy) is 1. The van der Waals surface area contributed by atoms with E-state index in [2.05, 4.69) is 0 Å². The number of carbonyl (C=O) groups excluding carboxylic acids is 2. The van der Waals surface area contributed by atoms with Crippen LogP contribution < -0.4 is 10.5 Å². The maximum absolute atomic E-state index is 10.8. The van der Waals surface area contributed by atoms with Gasteiger partial charge in [-0.15, -0.1) is 0 Å². The summed E-state index contributed by atoms with van der Waals surface area (Å²) in [7, 11) is 0. The van der Waals surface area contributed by atoms with Gasteiger partial charge < -0.3 is 10.5 Å². The van der Waals surface area contributed by atoms with Crippen LogP contribution in [0.5, 0.6) is 5.75 Å². The molecule has 1 rings (SSSR count). The molecule has 0 aliphatic heterocycles. The third kappa shape index (κ3) is 2.97. The van der Waals surface area contributed by atoms with E-state index in [1.165, 1.54) is 0 Å². The summed E-state index contributed by atoms with van der Waals surface area (Å²) in [4.78, 5) is 21.6. The molecule has 0 saturated carbocycles. The first-order valence-electron chi connectivity index (χ1n) is 4.72. The molecule has 1 amide bonds. The van der Waals surface area contributed by atoms with Gasteiger partial charge in [0.1, 0.15) is 5.75 Å². The van der Waals surface area contributed by atoms with E-state index in [0.717, 1.165) is 0 Å². The van der Waals surface area contributed by atoms with Crippen LogP contribution in [-0.2, 0) is 4.79 Å². The van der Waals surface area contributed by atoms with Gasteiger partial charge in [-0.25, -0.2) is 0 Å². The summed E-state index contributed by atoms with van der Waals surface area (Å²) in [5.41, 5.74) is 5.36. The second kappa shape index (κ2) is 5.51. The van der Waals surface area contributed by atoms with Crippen LogP contribution in [-0.4, -0.2) is 18.8 Å². The number of halogens is 1. The highest BCUT2D eigenvalue weighted by molar-refractivity contribution is 6.33. The number of hydrogen-bond donors (Lipinski definition) is 1. The first kappa shape index (κ1) is 12.5. The average molecular weight is 242 g/mol. The van der Waals surface area contributed by atoms with E-state index in [1.807, 2.05) is 0 Å². The molecule has 0 saturated heterocycles. The first-order valence-corrected chi connectivity index (χ1v) is 5.10. The number of rotatable bonds is 5. The standard InChI is InChI=1S/C11H12ClNO3/c1-7(11(13)15)6-16-10-4-2-3-9(12)8(10)5-14/h2-5,7H,6H2,1H3,(H2,13,15). The van der Waals surface area contributed by atoms with Crippen LogP contribution in [0.25, 0.3) is 0 Å². The first-order chi connectivity index (χ1) is 7.56. The second-order valence-electron chi connectivity index (χ2n) is 3.38. The Morgan fingerprint density at radius 2 is 2.31 bits per heavy atom. The third-order valence-corrected chi connectivity index (χ3v) is 2.43. The van der Waals surface area contributed by atoms with Crippen molar-refractivity contribution in [1.82, 2.24) is 0 Å². The normalized spacial score (nSPS) is 11.9. The summed E-state index contributed by atoms with van der Waals surface area (Å²) in [6.07, 6.45) is 0.618. The van der Waals surface area contributed by atoms with Crippen molar-refractivity contribution in [3.8, 4) is 5.75 Å². The minimum absolute atomic E-state index is 0.122. The molecule has 0 aliphatic carbocycles. The smallest absolute Gasteiger partial charge is 0.223 e. The van der Waals surface area contributed by atoms with E-state index in [0.29, 0.717) is 17.1 Å². The van der Waals surface area contributed by atoms with Crippen LogP contribution in [0.3, 0.4) is 0 Å². The van der Waals surface area contributed by atoms with E-state index < -0.39 is 11.8 Å². The molecule has 0 aliphatic rings. The second-order valence-corrected chi connectivity index (χ2v) is 3.79. The quantitative estimate of drug-likeness (QED) is 0.797. The lowest BCUT2D eigenvalue weighted by Gasteiger charge is -2.11. The fourth-order valence-electron chi connectivity index (χ4n) is 1.05. The maximum Gasteiger partial charge on any atom is 0.223 e. The molecule has 1 aromatic rings. The number of hydrogen-bond acceptors (Lipinski definition) is 3. The van der Waals surface area contributed by atoms with Gasteiger partial charge in [0.2, 0.25) is 5.91 Å². The van der Waals surface area contributed by atoms with Crippen molar-refractivity contribution in [2.45, 2.75) is 6.92 Å². The van der Waals surface area contributed by atoms with Crippen LogP contribution >= 0.6 is 11.6 Å². The summed E-state index contributed by atoms with van der Waals surface area (Å²) in [5.74, 6) is -0.510. The molecule has 0 spiro atoms. The molecule has 2 N–H and O–H groups in total. The van der Waals surface area contributed by atoms with E-state index in [1.54, 1.807) is 25.1 Å². The summed E-state index contributed by atoms with van der Waals surface area (Å²) >= 11 is 5.80. The minimum Gasteiger partial charge on any atom is -0.492 e. The molecule has 1 atom stereocenters. The Balaban J connectivity index is 2.78. The van der Waals surface area contributed by atoms with Crippen molar-refractivity contribution in [2.24, 2.45) is 11.7 Å². The van der Waals surface area contributed by atoms with Crippen LogP contribution in [0.15, 0.2) is 18.2 Å². The zero-order chi connectivity index (χ0) is 12.1. The minimum atomic E-state index is -0.449. The van der Waals surface area contributed by atoms with E-state index >= 15 is 0 Å². The molecule has 0 fully saturated rings. The molecule has 4 nitrogen and oxygen atoms in total. The van der Waals surface area contributed by atoms with Crippen LogP contribution in [0.1, 0.15) is 17.3 Å². The van der Waals surface area contributed by atoms with Crippen molar-refractivity contribution in [3.05, 3.63) is 28.8 Å². The number of carbonyl (C=O) groups is 2. The summed E-state index contributed by atoms with van der Waals surface area (Å²) in [6, 6.07) is 4.87. The number of amides is 1. The zero-order valence-electron chi connectivity index (χ0n) is 8.77. The highest BCUT2D eigenvalue weighted by Crippen LogP contribution is 2.24. The van der Waals surface area contributed by atoms with E-state index in [-0.39, 0.29) is 12.2 Å². The molecule has 0 aromatic heterocycles. The van der Waals surface area contributed by atoms with Gasteiger partial charge in [-0.1, -0.05) is 24.6 Å². The van der Waals surface area contributed by atoms with Gasteiger partial charge in [0.05, 0.1) is 23.1 Å². The highest BCUT2D eigenvalue weighted by atomic mass is 35.5. The Hall–Kier alpha value is -1.55. The SMILES string of the molecule is CC(COc1cccc(Cl)c1C=O)C(N)=O. The molecule has 1 aromatic carbocycles. The van der Waals surface area contributed by atoms with Crippen molar-refractivity contribution in [1.29, 1.82) is 0 Å². The van der Waals surface area contributed by atoms with Gasteiger partial charge in [-0.2, -0.15) is 0 Å². The molecule has 0 bridgehead atoms. The van der Waals surface area contributed by atoms with Crippen molar-refractivity contribution < 1.29 is 14.3 Å². The number of nitrogens with two attached hydrogens (primary N) is 1. The van der Waals surface area contributed by atoms with Gasteiger partial charge in [-0.05, 0) is 12.1 Å². The predicted molar refractivity (Wildman–Crippen MR) is 60.7 cm³/mol. The predicted octanol–water partition coefficient (Wildman–Crippen LogP) is 1.65. The number of benzene rings is 1. The molecule has 86 valence electrons. The molecular weight excluding hydrogens is 230 g/mol. The van der Waals surface area contributed by atoms with Crippen molar-refractivity contribution >= 4 is 23.8 Å². The third-order valence-electron chi connectivity index (χ3n) is 2.11. The Bertz CT molecular complexity index is 406. The number of primary amides is 1. The van der Waals surface area contributed by atoms with E-state index in [4.69, 9.17) is 22.1 Å². The van der Waals surface area contributed by atoms with Gasteiger partial charge in [0.15, 0.2) is 6.29 Å². The van der Waals surface area contributed by atoms with Crippen LogP contribution in [0.4, 0.5) is 0 Å². The summed E-state index contributed by atoms with van der Waals surface area (Å²) < 4.78 is 5.32. The molecule has 16 heavy (non-hydrogen) atoms. The fourth-order valence-corrected chi connectivity index (χ4v) is 1.26. The van der Waals surface area contributed by atoms with Crippen LogP contribution in [0, 0.1) is 5.92 Å². The topological polar surface area (TPSA) is 69.4 Å². The largest absolute Gasteiger partial charge is 0.492 e. The Morgan fingerprint density at radius 3 is 2.88 bits per heavy atom. The van der Waals surface area contributed by atoms with Crippen molar-refractivity contribution in [2.75, 3.05) is 6.61 Å². The Morgan fingerprint density at radius 1 is 1.62 bits per heavy atom. The fraction of sp³-hybridized carbons (Fsp3) is 0.273. The van der Waals surface area contributed by atoms with Crippen LogP contribution in [0.2, 0.25) is 5.02 Å². The lowest BCUT2D eigenvalue weighted by atomic mass is 10.2.